The maximum atomic E-state index is 5.67. The van der Waals surface area contributed by atoms with Gasteiger partial charge < -0.3 is 24.8 Å². The average molecular weight is 408 g/mol. The molecule has 2 aliphatic heterocycles. The van der Waals surface area contributed by atoms with Gasteiger partial charge >= 0.3 is 0 Å². The largest absolute Gasteiger partial charge is 0.454 e. The van der Waals surface area contributed by atoms with E-state index in [1.807, 2.05) is 17.8 Å². The smallest absolute Gasteiger partial charge is 0.231 e. The first-order valence-corrected chi connectivity index (χ1v) is 11.3. The SMILES string of the molecule is CCNC(=NCC(C)(C)SC)NCC1(c2ccc3c(c2)OCO3)CCOCC1. The van der Waals surface area contributed by atoms with E-state index in [4.69, 9.17) is 19.2 Å². The lowest BCUT2D eigenvalue weighted by Crippen LogP contribution is -2.48. The van der Waals surface area contributed by atoms with E-state index in [1.54, 1.807) is 0 Å². The molecule has 3 rings (SSSR count). The monoisotopic (exact) mass is 407 g/mol. The van der Waals surface area contributed by atoms with Crippen molar-refractivity contribution in [2.45, 2.75) is 43.8 Å². The van der Waals surface area contributed by atoms with Gasteiger partial charge in [-0.3, -0.25) is 4.99 Å². The fourth-order valence-corrected chi connectivity index (χ4v) is 3.68. The van der Waals surface area contributed by atoms with Gasteiger partial charge in [-0.1, -0.05) is 6.07 Å². The Bertz CT molecular complexity index is 687. The minimum Gasteiger partial charge on any atom is -0.454 e. The van der Waals surface area contributed by atoms with E-state index in [-0.39, 0.29) is 10.2 Å². The van der Waals surface area contributed by atoms with Gasteiger partial charge in [-0.2, -0.15) is 11.8 Å². The van der Waals surface area contributed by atoms with Gasteiger partial charge in [0.1, 0.15) is 0 Å². The second kappa shape index (κ2) is 9.27. The normalized spacial score (nSPS) is 18.8. The molecule has 0 bridgehead atoms. The van der Waals surface area contributed by atoms with Crippen LogP contribution in [0.25, 0.3) is 0 Å². The summed E-state index contributed by atoms with van der Waals surface area (Å²) in [6.45, 7) is 10.8. The summed E-state index contributed by atoms with van der Waals surface area (Å²) in [6.07, 6.45) is 4.07. The fourth-order valence-electron chi connectivity index (χ4n) is 3.48. The van der Waals surface area contributed by atoms with Crippen LogP contribution in [0.2, 0.25) is 0 Å². The van der Waals surface area contributed by atoms with Crippen molar-refractivity contribution in [1.29, 1.82) is 0 Å². The molecule has 0 unspecified atom stereocenters. The number of benzene rings is 1. The molecule has 0 aliphatic carbocycles. The number of hydrogen-bond donors (Lipinski definition) is 2. The zero-order valence-electron chi connectivity index (χ0n) is 17.5. The van der Waals surface area contributed by atoms with Crippen molar-refractivity contribution in [3.8, 4) is 11.5 Å². The molecule has 1 aromatic carbocycles. The third-order valence-corrected chi connectivity index (χ3v) is 6.78. The van der Waals surface area contributed by atoms with E-state index in [0.717, 1.165) is 63.1 Å². The molecule has 0 aromatic heterocycles. The average Bonchev–Trinajstić information content (AvgIpc) is 3.19. The lowest BCUT2D eigenvalue weighted by molar-refractivity contribution is 0.0513. The Morgan fingerprint density at radius 3 is 2.64 bits per heavy atom. The van der Waals surface area contributed by atoms with Crippen LogP contribution in [0.5, 0.6) is 11.5 Å². The van der Waals surface area contributed by atoms with Crippen molar-refractivity contribution in [2.24, 2.45) is 4.99 Å². The summed E-state index contributed by atoms with van der Waals surface area (Å²) in [7, 11) is 0. The van der Waals surface area contributed by atoms with Gasteiger partial charge in [0.15, 0.2) is 17.5 Å². The second-order valence-corrected chi connectivity index (χ2v) is 9.49. The minimum absolute atomic E-state index is 0.00948. The highest BCUT2D eigenvalue weighted by Gasteiger charge is 2.36. The predicted octanol–water partition coefficient (Wildman–Crippen LogP) is 3.16. The van der Waals surface area contributed by atoms with Crippen LogP contribution < -0.4 is 20.1 Å². The number of aliphatic imine (C=N–C) groups is 1. The Labute approximate surface area is 172 Å². The van der Waals surface area contributed by atoms with Gasteiger partial charge in [-0.15, -0.1) is 0 Å². The summed E-state index contributed by atoms with van der Waals surface area (Å²) >= 11 is 1.84. The van der Waals surface area contributed by atoms with Crippen molar-refractivity contribution in [1.82, 2.24) is 10.6 Å². The molecular formula is C21H33N3O3S. The Morgan fingerprint density at radius 2 is 1.93 bits per heavy atom. The molecule has 7 heteroatoms. The lowest BCUT2D eigenvalue weighted by Gasteiger charge is -2.38. The number of hydrogen-bond acceptors (Lipinski definition) is 5. The molecule has 2 aliphatic rings. The highest BCUT2D eigenvalue weighted by molar-refractivity contribution is 7.99. The Balaban J connectivity index is 1.77. The third kappa shape index (κ3) is 5.06. The van der Waals surface area contributed by atoms with Crippen molar-refractivity contribution in [3.63, 3.8) is 0 Å². The molecule has 1 aromatic rings. The first-order valence-electron chi connectivity index (χ1n) is 10.0. The van der Waals surface area contributed by atoms with Crippen LogP contribution in [-0.2, 0) is 10.2 Å². The van der Waals surface area contributed by atoms with Crippen LogP contribution in [0.15, 0.2) is 23.2 Å². The molecule has 1 saturated heterocycles. The van der Waals surface area contributed by atoms with Crippen LogP contribution in [-0.4, -0.2) is 56.6 Å². The quantitative estimate of drug-likeness (QED) is 0.535. The molecule has 0 amide bonds. The molecule has 0 atom stereocenters. The standard InChI is InChI=1S/C21H33N3O3S/c1-5-22-19(23-13-20(2,3)28-4)24-14-21(8-10-25-11-9-21)16-6-7-17-18(12-16)27-15-26-17/h6-7,12H,5,8-11,13-15H2,1-4H3,(H2,22,23,24). The fraction of sp³-hybridized carbons (Fsp3) is 0.667. The summed E-state index contributed by atoms with van der Waals surface area (Å²) < 4.78 is 16.9. The Morgan fingerprint density at radius 1 is 1.18 bits per heavy atom. The number of nitrogens with zero attached hydrogens (tertiary/aromatic N) is 1. The zero-order valence-corrected chi connectivity index (χ0v) is 18.3. The molecule has 1 fully saturated rings. The van der Waals surface area contributed by atoms with E-state index in [0.29, 0.717) is 6.79 Å². The molecule has 28 heavy (non-hydrogen) atoms. The highest BCUT2D eigenvalue weighted by atomic mass is 32.2. The van der Waals surface area contributed by atoms with Gasteiger partial charge in [0, 0.05) is 36.5 Å². The van der Waals surface area contributed by atoms with Gasteiger partial charge in [0.25, 0.3) is 0 Å². The number of fused-ring (bicyclic) bond motifs is 1. The molecule has 6 nitrogen and oxygen atoms in total. The van der Waals surface area contributed by atoms with Crippen LogP contribution in [0.1, 0.15) is 39.2 Å². The molecule has 0 spiro atoms. The van der Waals surface area contributed by atoms with Gasteiger partial charge in [-0.05, 0) is 57.6 Å². The maximum absolute atomic E-state index is 5.67. The van der Waals surface area contributed by atoms with Crippen LogP contribution in [0.3, 0.4) is 0 Å². The van der Waals surface area contributed by atoms with Crippen molar-refractivity contribution >= 4 is 17.7 Å². The zero-order chi connectivity index (χ0) is 20.0. The first-order chi connectivity index (χ1) is 13.5. The second-order valence-electron chi connectivity index (χ2n) is 7.97. The Kier molecular flexibility index (Phi) is 6.99. The summed E-state index contributed by atoms with van der Waals surface area (Å²) in [5, 5.41) is 6.98. The summed E-state index contributed by atoms with van der Waals surface area (Å²) in [5.74, 6) is 2.54. The lowest BCUT2D eigenvalue weighted by atomic mass is 9.74. The van der Waals surface area contributed by atoms with Gasteiger partial charge in [0.2, 0.25) is 6.79 Å². The number of nitrogens with one attached hydrogen (secondary N) is 2. The van der Waals surface area contributed by atoms with E-state index in [1.165, 1.54) is 5.56 Å². The van der Waals surface area contributed by atoms with Crippen LogP contribution in [0, 0.1) is 0 Å². The van der Waals surface area contributed by atoms with Crippen molar-refractivity contribution < 1.29 is 14.2 Å². The van der Waals surface area contributed by atoms with Gasteiger partial charge in [-0.25, -0.2) is 0 Å². The molecule has 0 saturated carbocycles. The first kappa shape index (κ1) is 21.1. The van der Waals surface area contributed by atoms with Crippen LogP contribution >= 0.6 is 11.8 Å². The Hall–Kier alpha value is -1.60. The van der Waals surface area contributed by atoms with Crippen molar-refractivity contribution in [2.75, 3.05) is 45.9 Å². The third-order valence-electron chi connectivity index (χ3n) is 5.54. The maximum Gasteiger partial charge on any atom is 0.231 e. The van der Waals surface area contributed by atoms with E-state index >= 15 is 0 Å². The number of rotatable bonds is 7. The summed E-state index contributed by atoms with van der Waals surface area (Å²) in [4.78, 5) is 4.82. The van der Waals surface area contributed by atoms with Crippen LogP contribution in [0.4, 0.5) is 0 Å². The summed E-state index contributed by atoms with van der Waals surface area (Å²) in [5.41, 5.74) is 1.26. The number of guanidine groups is 1. The molecular weight excluding hydrogens is 374 g/mol. The highest BCUT2D eigenvalue weighted by Crippen LogP contribution is 2.40. The molecule has 0 radical (unpaired) electrons. The summed E-state index contributed by atoms with van der Waals surface area (Å²) in [6, 6.07) is 6.33. The molecule has 156 valence electrons. The molecule has 2 N–H and O–H groups in total. The number of thioether (sulfide) groups is 1. The van der Waals surface area contributed by atoms with E-state index in [9.17, 15) is 0 Å². The van der Waals surface area contributed by atoms with Gasteiger partial charge in [0.05, 0.1) is 6.54 Å². The topological polar surface area (TPSA) is 64.1 Å². The predicted molar refractivity (Wildman–Crippen MR) is 116 cm³/mol. The molecule has 2 heterocycles. The number of ether oxygens (including phenoxy) is 3. The minimum atomic E-state index is -0.00948. The van der Waals surface area contributed by atoms with Crippen molar-refractivity contribution in [3.05, 3.63) is 23.8 Å². The van der Waals surface area contributed by atoms with E-state index in [2.05, 4.69) is 49.8 Å². The van der Waals surface area contributed by atoms with E-state index < -0.39 is 0 Å².